The highest BCUT2D eigenvalue weighted by Crippen LogP contribution is 2.06. The molecule has 1 aromatic rings. The van der Waals surface area contributed by atoms with E-state index >= 15 is 0 Å². The quantitative estimate of drug-likeness (QED) is 0.207. The Kier molecular flexibility index (Phi) is 14.1. The van der Waals surface area contributed by atoms with Crippen LogP contribution in [0.3, 0.4) is 0 Å². The maximum Gasteiger partial charge on any atom is 0.251 e. The van der Waals surface area contributed by atoms with E-state index < -0.39 is 0 Å². The number of amides is 1. The molecule has 0 aliphatic heterocycles. The fourth-order valence-electron chi connectivity index (χ4n) is 2.60. The van der Waals surface area contributed by atoms with Crippen molar-refractivity contribution in [2.24, 2.45) is 4.99 Å². The maximum atomic E-state index is 11.8. The molecule has 0 aliphatic carbocycles. The lowest BCUT2D eigenvalue weighted by Crippen LogP contribution is -2.41. The summed E-state index contributed by atoms with van der Waals surface area (Å²) in [7, 11) is 1.79. The van der Waals surface area contributed by atoms with Gasteiger partial charge in [-0.2, -0.15) is 0 Å². The van der Waals surface area contributed by atoms with Crippen molar-refractivity contribution in [1.29, 1.82) is 0 Å². The second-order valence-electron chi connectivity index (χ2n) is 6.38. The molecule has 26 heavy (non-hydrogen) atoms. The van der Waals surface area contributed by atoms with E-state index in [1.54, 1.807) is 7.05 Å². The lowest BCUT2D eigenvalue weighted by molar-refractivity contribution is 0.0956. The summed E-state index contributed by atoms with van der Waals surface area (Å²) >= 11 is 0. The summed E-state index contributed by atoms with van der Waals surface area (Å²) in [4.78, 5) is 16.0. The molecule has 1 unspecified atom stereocenters. The Bertz CT molecular complexity index is 531. The van der Waals surface area contributed by atoms with Crippen LogP contribution in [0.2, 0.25) is 0 Å². The third-order valence-electron chi connectivity index (χ3n) is 4.11. The number of guanidine groups is 1. The van der Waals surface area contributed by atoms with Crippen LogP contribution in [-0.2, 0) is 6.54 Å². The van der Waals surface area contributed by atoms with Crippen LogP contribution in [0.15, 0.2) is 29.3 Å². The van der Waals surface area contributed by atoms with Crippen molar-refractivity contribution >= 4 is 35.8 Å². The van der Waals surface area contributed by atoms with Gasteiger partial charge in [-0.3, -0.25) is 9.79 Å². The van der Waals surface area contributed by atoms with Gasteiger partial charge in [0.25, 0.3) is 5.91 Å². The number of rotatable bonds is 10. The Morgan fingerprint density at radius 2 is 1.77 bits per heavy atom. The van der Waals surface area contributed by atoms with Crippen molar-refractivity contribution < 1.29 is 4.79 Å². The Morgan fingerprint density at radius 1 is 1.08 bits per heavy atom. The summed E-state index contributed by atoms with van der Waals surface area (Å²) < 4.78 is 0. The average molecular weight is 474 g/mol. The molecule has 0 fully saturated rings. The number of benzene rings is 1. The van der Waals surface area contributed by atoms with Crippen LogP contribution in [0.4, 0.5) is 0 Å². The van der Waals surface area contributed by atoms with Gasteiger partial charge in [-0.25, -0.2) is 0 Å². The largest absolute Gasteiger partial charge is 0.354 e. The van der Waals surface area contributed by atoms with Crippen molar-refractivity contribution in [2.75, 3.05) is 13.6 Å². The van der Waals surface area contributed by atoms with E-state index in [9.17, 15) is 4.79 Å². The van der Waals surface area contributed by atoms with E-state index in [1.165, 1.54) is 25.7 Å². The van der Waals surface area contributed by atoms with Gasteiger partial charge in [-0.1, -0.05) is 44.7 Å². The molecule has 1 amide bonds. The number of hydrogen-bond donors (Lipinski definition) is 3. The fourth-order valence-corrected chi connectivity index (χ4v) is 2.60. The summed E-state index contributed by atoms with van der Waals surface area (Å²) in [6.45, 7) is 7.66. The second-order valence-corrected chi connectivity index (χ2v) is 6.38. The molecule has 0 aromatic heterocycles. The molecule has 0 saturated heterocycles. The highest BCUT2D eigenvalue weighted by Gasteiger charge is 2.06. The van der Waals surface area contributed by atoms with E-state index in [0.29, 0.717) is 24.7 Å². The minimum atomic E-state index is -0.0311. The first-order chi connectivity index (χ1) is 12.1. The van der Waals surface area contributed by atoms with Gasteiger partial charge < -0.3 is 16.0 Å². The van der Waals surface area contributed by atoms with Crippen molar-refractivity contribution in [3.05, 3.63) is 35.4 Å². The minimum Gasteiger partial charge on any atom is -0.354 e. The molecular weight excluding hydrogens is 439 g/mol. The number of halogens is 1. The van der Waals surface area contributed by atoms with E-state index in [2.05, 4.69) is 34.8 Å². The topological polar surface area (TPSA) is 65.5 Å². The van der Waals surface area contributed by atoms with Crippen molar-refractivity contribution in [3.63, 3.8) is 0 Å². The fraction of sp³-hybridized carbons (Fsp3) is 0.600. The SMILES string of the molecule is CCCCCCC(C)NC(=NC)NCc1ccc(C(=O)NCC)cc1.I. The van der Waals surface area contributed by atoms with Crippen LogP contribution in [0, 0.1) is 0 Å². The number of nitrogens with one attached hydrogen (secondary N) is 3. The molecule has 148 valence electrons. The highest BCUT2D eigenvalue weighted by molar-refractivity contribution is 14.0. The molecule has 1 rings (SSSR count). The normalized spacial score (nSPS) is 12.1. The molecule has 0 heterocycles. The molecule has 1 atom stereocenters. The van der Waals surface area contributed by atoms with E-state index in [1.807, 2.05) is 31.2 Å². The number of nitrogens with zero attached hydrogens (tertiary/aromatic N) is 1. The molecule has 0 bridgehead atoms. The zero-order chi connectivity index (χ0) is 18.5. The summed E-state index contributed by atoms with van der Waals surface area (Å²) in [5.41, 5.74) is 1.81. The maximum absolute atomic E-state index is 11.8. The first-order valence-electron chi connectivity index (χ1n) is 9.45. The molecule has 5 nitrogen and oxygen atoms in total. The molecular formula is C20H35IN4O. The lowest BCUT2D eigenvalue weighted by Gasteiger charge is -2.18. The lowest BCUT2D eigenvalue weighted by atomic mass is 10.1. The van der Waals surface area contributed by atoms with Crippen LogP contribution in [0.1, 0.15) is 68.8 Å². The first-order valence-corrected chi connectivity index (χ1v) is 9.45. The van der Waals surface area contributed by atoms with Crippen molar-refractivity contribution in [1.82, 2.24) is 16.0 Å². The third kappa shape index (κ3) is 9.99. The van der Waals surface area contributed by atoms with Gasteiger partial charge in [0.2, 0.25) is 0 Å². The predicted molar refractivity (Wildman–Crippen MR) is 121 cm³/mol. The smallest absolute Gasteiger partial charge is 0.251 e. The van der Waals surface area contributed by atoms with Crippen LogP contribution < -0.4 is 16.0 Å². The van der Waals surface area contributed by atoms with Crippen LogP contribution in [-0.4, -0.2) is 31.5 Å². The van der Waals surface area contributed by atoms with Gasteiger partial charge in [0.1, 0.15) is 0 Å². The van der Waals surface area contributed by atoms with Crippen molar-refractivity contribution in [3.8, 4) is 0 Å². The number of unbranched alkanes of at least 4 members (excludes halogenated alkanes) is 3. The summed E-state index contributed by atoms with van der Waals surface area (Å²) in [6, 6.07) is 8.06. The summed E-state index contributed by atoms with van der Waals surface area (Å²) in [5.74, 6) is 0.784. The Balaban J connectivity index is 0.00000625. The molecule has 3 N–H and O–H groups in total. The molecule has 6 heteroatoms. The van der Waals surface area contributed by atoms with Gasteiger partial charge in [-0.15, -0.1) is 24.0 Å². The monoisotopic (exact) mass is 474 g/mol. The highest BCUT2D eigenvalue weighted by atomic mass is 127. The summed E-state index contributed by atoms with van der Waals surface area (Å²) in [5, 5.41) is 9.57. The first kappa shape index (κ1) is 24.7. The zero-order valence-corrected chi connectivity index (χ0v) is 18.9. The predicted octanol–water partition coefficient (Wildman–Crippen LogP) is 4.08. The number of carbonyl (C=O) groups excluding carboxylic acids is 1. The molecule has 0 radical (unpaired) electrons. The summed E-state index contributed by atoms with van der Waals surface area (Å²) in [6.07, 6.45) is 6.28. The van der Waals surface area contributed by atoms with E-state index in [4.69, 9.17) is 0 Å². The van der Waals surface area contributed by atoms with Gasteiger partial charge in [-0.05, 0) is 38.0 Å². The van der Waals surface area contributed by atoms with E-state index in [-0.39, 0.29) is 29.9 Å². The van der Waals surface area contributed by atoms with Gasteiger partial charge in [0.15, 0.2) is 5.96 Å². The zero-order valence-electron chi connectivity index (χ0n) is 16.6. The Morgan fingerprint density at radius 3 is 2.35 bits per heavy atom. The number of aliphatic imine (C=N–C) groups is 1. The number of hydrogen-bond acceptors (Lipinski definition) is 2. The van der Waals surface area contributed by atoms with Gasteiger partial charge in [0.05, 0.1) is 0 Å². The number of carbonyl (C=O) groups is 1. The molecule has 0 aliphatic rings. The van der Waals surface area contributed by atoms with Crippen molar-refractivity contribution in [2.45, 2.75) is 65.5 Å². The van der Waals surface area contributed by atoms with Gasteiger partial charge in [0, 0.05) is 31.7 Å². The Labute approximate surface area is 175 Å². The average Bonchev–Trinajstić information content (AvgIpc) is 2.63. The van der Waals surface area contributed by atoms with Gasteiger partial charge >= 0.3 is 0 Å². The van der Waals surface area contributed by atoms with Crippen LogP contribution in [0.5, 0.6) is 0 Å². The second kappa shape index (κ2) is 14.8. The Hall–Kier alpha value is -1.31. The molecule has 1 aromatic carbocycles. The minimum absolute atomic E-state index is 0. The van der Waals surface area contributed by atoms with Crippen LogP contribution in [0.25, 0.3) is 0 Å². The van der Waals surface area contributed by atoms with E-state index in [0.717, 1.165) is 17.9 Å². The molecule has 0 saturated carbocycles. The standard InChI is InChI=1S/C20H34N4O.HI/c1-5-7-8-9-10-16(3)24-20(21-4)23-15-17-11-13-18(14-12-17)19(25)22-6-2;/h11-14,16H,5-10,15H2,1-4H3,(H,22,25)(H2,21,23,24);1H. The molecule has 0 spiro atoms. The van der Waals surface area contributed by atoms with Crippen LogP contribution >= 0.6 is 24.0 Å². The third-order valence-corrected chi connectivity index (χ3v) is 4.11.